The summed E-state index contributed by atoms with van der Waals surface area (Å²) >= 11 is 4.88. The lowest BCUT2D eigenvalue weighted by Crippen LogP contribution is -2.31. The average molecular weight is 435 g/mol. The molecule has 0 amide bonds. The Morgan fingerprint density at radius 3 is 2.61 bits per heavy atom. The standard InChI is InChI=1S/C21H23FN2OS3/c1-13(2)23-20-24-17-9-8-14(12-18(17)28-20)19(25)21(26-10-5-11-27-21)15-6-3-4-7-16(15)22/h3-4,6-9,12-13,19,25H,5,10-11H2,1-2H3,(H,23,24). The first-order valence-corrected chi connectivity index (χ1v) is 12.2. The van der Waals surface area contributed by atoms with Gasteiger partial charge in [0.05, 0.1) is 10.2 Å². The maximum atomic E-state index is 14.7. The molecule has 0 spiro atoms. The summed E-state index contributed by atoms with van der Waals surface area (Å²) in [6.45, 7) is 4.16. The summed E-state index contributed by atoms with van der Waals surface area (Å²) in [6, 6.07) is 13.0. The first kappa shape index (κ1) is 20.0. The molecule has 0 bridgehead atoms. The molecule has 0 saturated carbocycles. The van der Waals surface area contributed by atoms with E-state index in [1.807, 2.05) is 24.3 Å². The van der Waals surface area contributed by atoms with Crippen molar-refractivity contribution in [1.29, 1.82) is 0 Å². The van der Waals surface area contributed by atoms with E-state index in [4.69, 9.17) is 0 Å². The number of thiazole rings is 1. The molecule has 1 aromatic heterocycles. The number of nitrogens with zero attached hydrogens (tertiary/aromatic N) is 1. The predicted molar refractivity (Wildman–Crippen MR) is 121 cm³/mol. The summed E-state index contributed by atoms with van der Waals surface area (Å²) in [5.41, 5.74) is 2.29. The van der Waals surface area contributed by atoms with Gasteiger partial charge in [0, 0.05) is 11.6 Å². The van der Waals surface area contributed by atoms with Crippen molar-refractivity contribution >= 4 is 50.2 Å². The molecular formula is C21H23FN2OS3. The molecule has 1 atom stereocenters. The van der Waals surface area contributed by atoms with Crippen LogP contribution in [0.25, 0.3) is 10.2 Å². The topological polar surface area (TPSA) is 45.2 Å². The van der Waals surface area contributed by atoms with Gasteiger partial charge in [-0.2, -0.15) is 0 Å². The fourth-order valence-electron chi connectivity index (χ4n) is 3.39. The van der Waals surface area contributed by atoms with Crippen LogP contribution >= 0.6 is 34.9 Å². The number of hydrogen-bond acceptors (Lipinski definition) is 6. The van der Waals surface area contributed by atoms with E-state index in [9.17, 15) is 9.50 Å². The molecular weight excluding hydrogens is 411 g/mol. The van der Waals surface area contributed by atoms with Crippen molar-refractivity contribution in [1.82, 2.24) is 4.98 Å². The molecule has 0 aliphatic carbocycles. The van der Waals surface area contributed by atoms with Crippen molar-refractivity contribution in [3.8, 4) is 0 Å². The minimum atomic E-state index is -0.812. The van der Waals surface area contributed by atoms with Gasteiger partial charge in [-0.1, -0.05) is 35.6 Å². The van der Waals surface area contributed by atoms with Gasteiger partial charge in [-0.15, -0.1) is 23.5 Å². The number of thioether (sulfide) groups is 2. The van der Waals surface area contributed by atoms with Gasteiger partial charge >= 0.3 is 0 Å². The van der Waals surface area contributed by atoms with E-state index >= 15 is 0 Å². The Labute approximate surface area is 177 Å². The summed E-state index contributed by atoms with van der Waals surface area (Å²) in [4.78, 5) is 4.61. The number of anilines is 1. The maximum Gasteiger partial charge on any atom is 0.183 e. The van der Waals surface area contributed by atoms with E-state index in [-0.39, 0.29) is 5.82 Å². The SMILES string of the molecule is CC(C)Nc1nc2ccc(C(O)C3(c4ccccc4F)SCCCS3)cc2s1. The van der Waals surface area contributed by atoms with Gasteiger partial charge < -0.3 is 10.4 Å². The summed E-state index contributed by atoms with van der Waals surface area (Å²) < 4.78 is 15.0. The fourth-order valence-corrected chi connectivity index (χ4v) is 7.88. The smallest absolute Gasteiger partial charge is 0.183 e. The van der Waals surface area contributed by atoms with Crippen molar-refractivity contribution in [3.63, 3.8) is 0 Å². The van der Waals surface area contributed by atoms with Crippen LogP contribution in [-0.4, -0.2) is 27.6 Å². The van der Waals surface area contributed by atoms with Crippen LogP contribution in [0.2, 0.25) is 0 Å². The van der Waals surface area contributed by atoms with Crippen molar-refractivity contribution in [2.45, 2.75) is 36.5 Å². The molecule has 1 aliphatic heterocycles. The lowest BCUT2D eigenvalue weighted by atomic mass is 9.99. The quantitative estimate of drug-likeness (QED) is 0.515. The van der Waals surface area contributed by atoms with Crippen molar-refractivity contribution in [2.24, 2.45) is 0 Å². The van der Waals surface area contributed by atoms with E-state index in [0.717, 1.165) is 38.8 Å². The van der Waals surface area contributed by atoms with Crippen molar-refractivity contribution < 1.29 is 9.50 Å². The Kier molecular flexibility index (Phi) is 5.88. The van der Waals surface area contributed by atoms with Crippen LogP contribution in [0.5, 0.6) is 0 Å². The molecule has 3 nitrogen and oxygen atoms in total. The lowest BCUT2D eigenvalue weighted by Gasteiger charge is -2.40. The zero-order valence-corrected chi connectivity index (χ0v) is 18.3. The van der Waals surface area contributed by atoms with Crippen LogP contribution in [0.15, 0.2) is 42.5 Å². The molecule has 1 fully saturated rings. The number of rotatable bonds is 5. The Morgan fingerprint density at radius 1 is 1.14 bits per heavy atom. The van der Waals surface area contributed by atoms with Crippen LogP contribution in [0, 0.1) is 5.82 Å². The molecule has 1 unspecified atom stereocenters. The average Bonchev–Trinajstić information content (AvgIpc) is 3.08. The largest absolute Gasteiger partial charge is 0.386 e. The van der Waals surface area contributed by atoms with Crippen LogP contribution in [-0.2, 0) is 4.08 Å². The molecule has 4 rings (SSSR count). The third kappa shape index (κ3) is 3.77. The minimum Gasteiger partial charge on any atom is -0.386 e. The molecule has 1 aliphatic rings. The summed E-state index contributed by atoms with van der Waals surface area (Å²) in [5.74, 6) is 1.55. The lowest BCUT2D eigenvalue weighted by molar-refractivity contribution is 0.162. The molecule has 7 heteroatoms. The Bertz CT molecular complexity index is 969. The first-order chi connectivity index (χ1) is 13.5. The maximum absolute atomic E-state index is 14.7. The number of benzene rings is 2. The third-order valence-corrected chi connectivity index (χ3v) is 9.06. The Morgan fingerprint density at radius 2 is 1.89 bits per heavy atom. The normalized spacial score (nSPS) is 17.8. The monoisotopic (exact) mass is 434 g/mol. The predicted octanol–water partition coefficient (Wildman–Crippen LogP) is 6.01. The van der Waals surface area contributed by atoms with E-state index in [1.165, 1.54) is 6.07 Å². The third-order valence-electron chi connectivity index (χ3n) is 4.67. The van der Waals surface area contributed by atoms with Gasteiger partial charge in [0.1, 0.15) is 16.0 Å². The van der Waals surface area contributed by atoms with Crippen LogP contribution < -0.4 is 5.32 Å². The van der Waals surface area contributed by atoms with Gasteiger partial charge in [-0.3, -0.25) is 0 Å². The second-order valence-corrected chi connectivity index (χ2v) is 11.1. The van der Waals surface area contributed by atoms with Crippen molar-refractivity contribution in [2.75, 3.05) is 16.8 Å². The number of nitrogens with one attached hydrogen (secondary N) is 1. The first-order valence-electron chi connectivity index (χ1n) is 9.37. The highest BCUT2D eigenvalue weighted by Gasteiger charge is 2.45. The van der Waals surface area contributed by atoms with Crippen LogP contribution in [0.3, 0.4) is 0 Å². The molecule has 2 aromatic carbocycles. The molecule has 28 heavy (non-hydrogen) atoms. The molecule has 2 N–H and O–H groups in total. The van der Waals surface area contributed by atoms with E-state index in [1.54, 1.807) is 47.0 Å². The molecule has 0 radical (unpaired) electrons. The number of fused-ring (bicyclic) bond motifs is 1. The highest BCUT2D eigenvalue weighted by Crippen LogP contribution is 2.58. The van der Waals surface area contributed by atoms with E-state index in [2.05, 4.69) is 24.1 Å². The second kappa shape index (κ2) is 8.22. The minimum absolute atomic E-state index is 0.259. The molecule has 1 saturated heterocycles. The molecule has 148 valence electrons. The highest BCUT2D eigenvalue weighted by molar-refractivity contribution is 8.18. The van der Waals surface area contributed by atoms with Crippen molar-refractivity contribution in [3.05, 3.63) is 59.4 Å². The van der Waals surface area contributed by atoms with Crippen LogP contribution in [0.1, 0.15) is 37.5 Å². The zero-order valence-electron chi connectivity index (χ0n) is 15.8. The second-order valence-electron chi connectivity index (χ2n) is 7.15. The Hall–Kier alpha value is -1.28. The molecule has 3 aromatic rings. The van der Waals surface area contributed by atoms with Gasteiger partial charge in [0.15, 0.2) is 5.13 Å². The van der Waals surface area contributed by atoms with Gasteiger partial charge in [-0.05, 0) is 55.5 Å². The zero-order chi connectivity index (χ0) is 19.7. The fraction of sp³-hybridized carbons (Fsp3) is 0.381. The van der Waals surface area contributed by atoms with Gasteiger partial charge in [0.25, 0.3) is 0 Å². The van der Waals surface area contributed by atoms with E-state index in [0.29, 0.717) is 11.6 Å². The number of halogens is 1. The van der Waals surface area contributed by atoms with Gasteiger partial charge in [-0.25, -0.2) is 9.37 Å². The summed E-state index contributed by atoms with van der Waals surface area (Å²) in [6.07, 6.45) is 0.254. The van der Waals surface area contributed by atoms with E-state index < -0.39 is 10.2 Å². The summed E-state index contributed by atoms with van der Waals surface area (Å²) in [5, 5.41) is 15.7. The van der Waals surface area contributed by atoms with Gasteiger partial charge in [0.2, 0.25) is 0 Å². The highest BCUT2D eigenvalue weighted by atomic mass is 32.2. The number of aliphatic hydroxyl groups excluding tert-OH is 1. The summed E-state index contributed by atoms with van der Waals surface area (Å²) in [7, 11) is 0. The number of hydrogen-bond donors (Lipinski definition) is 2. The Balaban J connectivity index is 1.74. The number of aromatic nitrogens is 1. The van der Waals surface area contributed by atoms with Crippen LogP contribution in [0.4, 0.5) is 9.52 Å². The molecule has 2 heterocycles. The number of aliphatic hydroxyl groups is 1.